The van der Waals surface area contributed by atoms with Crippen LogP contribution in [-0.2, 0) is 6.54 Å². The number of ether oxygens (including phenoxy) is 1. The first-order valence-corrected chi connectivity index (χ1v) is 6.52. The number of aliphatic hydroxyl groups is 1. The number of nitrogens with one attached hydrogen (secondary N) is 1. The van der Waals surface area contributed by atoms with Crippen LogP contribution >= 0.6 is 11.6 Å². The molecule has 6 heteroatoms. The molecule has 108 valence electrons. The van der Waals surface area contributed by atoms with Gasteiger partial charge in [-0.05, 0) is 37.1 Å². The van der Waals surface area contributed by atoms with Crippen LogP contribution in [0.2, 0.25) is 5.02 Å². The molecule has 0 aliphatic heterocycles. The fourth-order valence-corrected chi connectivity index (χ4v) is 1.80. The second-order valence-corrected chi connectivity index (χ2v) is 4.58. The van der Waals surface area contributed by atoms with Crippen molar-refractivity contribution in [2.24, 2.45) is 0 Å². The zero-order valence-electron chi connectivity index (χ0n) is 10.7. The Morgan fingerprint density at radius 1 is 1.42 bits per heavy atom. The summed E-state index contributed by atoms with van der Waals surface area (Å²) in [6.07, 6.45) is 1.11. The molecular weight excluding hydrogens is 276 g/mol. The predicted molar refractivity (Wildman–Crippen MR) is 70.7 cm³/mol. The van der Waals surface area contributed by atoms with Gasteiger partial charge in [0, 0.05) is 6.54 Å². The van der Waals surface area contributed by atoms with Crippen molar-refractivity contribution in [1.82, 2.24) is 5.32 Å². The molecular formula is C13H18ClF2NO2. The molecule has 1 aromatic rings. The van der Waals surface area contributed by atoms with Gasteiger partial charge in [-0.25, -0.2) is 0 Å². The first-order valence-electron chi connectivity index (χ1n) is 6.15. The molecule has 0 bridgehead atoms. The van der Waals surface area contributed by atoms with E-state index < -0.39 is 6.61 Å². The number of alkyl halides is 2. The molecule has 2 N–H and O–H groups in total. The summed E-state index contributed by atoms with van der Waals surface area (Å²) in [6.45, 7) is 0.288. The van der Waals surface area contributed by atoms with Crippen LogP contribution in [0.5, 0.6) is 5.75 Å². The zero-order valence-corrected chi connectivity index (χ0v) is 11.5. The summed E-state index contributed by atoms with van der Waals surface area (Å²) in [5.41, 5.74) is 0.873. The maximum atomic E-state index is 12.0. The Bertz CT molecular complexity index is 391. The third kappa shape index (κ3) is 6.18. The lowest BCUT2D eigenvalue weighted by Gasteiger charge is -2.10. The number of rotatable bonds is 8. The maximum Gasteiger partial charge on any atom is 0.387 e. The minimum Gasteiger partial charge on any atom is -0.433 e. The highest BCUT2D eigenvalue weighted by Gasteiger charge is 2.09. The van der Waals surface area contributed by atoms with Crippen LogP contribution in [0.1, 0.15) is 25.3 Å². The van der Waals surface area contributed by atoms with Gasteiger partial charge in [0.05, 0.1) is 11.1 Å². The fourth-order valence-electron chi connectivity index (χ4n) is 1.55. The van der Waals surface area contributed by atoms with Gasteiger partial charge in [-0.3, -0.25) is 0 Å². The molecule has 1 rings (SSSR count). The first kappa shape index (κ1) is 16.1. The van der Waals surface area contributed by atoms with E-state index in [9.17, 15) is 13.9 Å². The van der Waals surface area contributed by atoms with Crippen molar-refractivity contribution in [3.63, 3.8) is 0 Å². The second kappa shape index (κ2) is 8.30. The average Bonchev–Trinajstić information content (AvgIpc) is 2.37. The van der Waals surface area contributed by atoms with E-state index in [1.807, 2.05) is 6.92 Å². The Kier molecular flexibility index (Phi) is 7.05. The Hall–Kier alpha value is -0.910. The molecule has 1 unspecified atom stereocenters. The third-order valence-electron chi connectivity index (χ3n) is 2.67. The van der Waals surface area contributed by atoms with Crippen molar-refractivity contribution in [2.75, 3.05) is 6.54 Å². The van der Waals surface area contributed by atoms with E-state index in [0.29, 0.717) is 19.5 Å². The zero-order chi connectivity index (χ0) is 14.3. The highest BCUT2D eigenvalue weighted by molar-refractivity contribution is 6.32. The summed E-state index contributed by atoms with van der Waals surface area (Å²) in [4.78, 5) is 0. The highest BCUT2D eigenvalue weighted by atomic mass is 35.5. The molecule has 0 aliphatic rings. The third-order valence-corrected chi connectivity index (χ3v) is 2.96. The number of halogens is 3. The van der Waals surface area contributed by atoms with E-state index in [1.165, 1.54) is 6.07 Å². The minimum atomic E-state index is -2.88. The molecule has 0 heterocycles. The Morgan fingerprint density at radius 3 is 2.74 bits per heavy atom. The highest BCUT2D eigenvalue weighted by Crippen LogP contribution is 2.26. The molecule has 3 nitrogen and oxygen atoms in total. The summed E-state index contributed by atoms with van der Waals surface area (Å²) in [5, 5.41) is 12.7. The Balaban J connectivity index is 2.41. The van der Waals surface area contributed by atoms with Crippen molar-refractivity contribution < 1.29 is 18.6 Å². The lowest BCUT2D eigenvalue weighted by molar-refractivity contribution is -0.0497. The number of hydrogen-bond donors (Lipinski definition) is 2. The lowest BCUT2D eigenvalue weighted by atomic mass is 10.2. The summed E-state index contributed by atoms with van der Waals surface area (Å²) in [5.74, 6) is -0.0261. The first-order chi connectivity index (χ1) is 9.02. The summed E-state index contributed by atoms with van der Waals surface area (Å²) >= 11 is 5.83. The normalized spacial score (nSPS) is 12.7. The average molecular weight is 294 g/mol. The van der Waals surface area contributed by atoms with Gasteiger partial charge < -0.3 is 15.2 Å². The van der Waals surface area contributed by atoms with Gasteiger partial charge in [0.15, 0.2) is 0 Å². The molecule has 0 amide bonds. The molecule has 1 aromatic carbocycles. The van der Waals surface area contributed by atoms with Gasteiger partial charge in [0.2, 0.25) is 0 Å². The second-order valence-electron chi connectivity index (χ2n) is 4.17. The smallest absolute Gasteiger partial charge is 0.387 e. The summed E-state index contributed by atoms with van der Waals surface area (Å²) < 4.78 is 28.3. The molecule has 0 aliphatic carbocycles. The standard InChI is InChI=1S/C13H18ClF2NO2/c1-2-10(18)5-6-17-8-9-3-4-12(11(14)7-9)19-13(15)16/h3-4,7,10,13,17-18H,2,5-6,8H2,1H3. The number of aliphatic hydroxyl groups excluding tert-OH is 1. The van der Waals surface area contributed by atoms with Crippen LogP contribution in [0, 0.1) is 0 Å². The monoisotopic (exact) mass is 293 g/mol. The van der Waals surface area contributed by atoms with Crippen LogP contribution in [0.15, 0.2) is 18.2 Å². The van der Waals surface area contributed by atoms with Crippen LogP contribution in [0.4, 0.5) is 8.78 Å². The van der Waals surface area contributed by atoms with Crippen molar-refractivity contribution in [3.8, 4) is 5.75 Å². The summed E-state index contributed by atoms with van der Waals surface area (Å²) in [7, 11) is 0. The quantitative estimate of drug-likeness (QED) is 0.723. The van der Waals surface area contributed by atoms with Crippen LogP contribution < -0.4 is 10.1 Å². The van der Waals surface area contributed by atoms with Crippen LogP contribution in [-0.4, -0.2) is 24.4 Å². The van der Waals surface area contributed by atoms with Crippen molar-refractivity contribution in [3.05, 3.63) is 28.8 Å². The van der Waals surface area contributed by atoms with Crippen LogP contribution in [0.25, 0.3) is 0 Å². The predicted octanol–water partition coefficient (Wildman–Crippen LogP) is 3.19. The molecule has 0 spiro atoms. The van der Waals surface area contributed by atoms with Gasteiger partial charge in [0.1, 0.15) is 5.75 Å². The number of hydrogen-bond acceptors (Lipinski definition) is 3. The van der Waals surface area contributed by atoms with Crippen molar-refractivity contribution >= 4 is 11.6 Å². The molecule has 0 radical (unpaired) electrons. The largest absolute Gasteiger partial charge is 0.433 e. The van der Waals surface area contributed by atoms with Crippen molar-refractivity contribution in [1.29, 1.82) is 0 Å². The van der Waals surface area contributed by atoms with Crippen LogP contribution in [0.3, 0.4) is 0 Å². The van der Waals surface area contributed by atoms with Gasteiger partial charge in [-0.1, -0.05) is 24.6 Å². The summed E-state index contributed by atoms with van der Waals surface area (Å²) in [6, 6.07) is 4.68. The topological polar surface area (TPSA) is 41.5 Å². The maximum absolute atomic E-state index is 12.0. The van der Waals surface area contributed by atoms with Gasteiger partial charge in [-0.15, -0.1) is 0 Å². The fraction of sp³-hybridized carbons (Fsp3) is 0.538. The lowest BCUT2D eigenvalue weighted by Crippen LogP contribution is -2.19. The minimum absolute atomic E-state index is 0.0261. The van der Waals surface area contributed by atoms with Crippen molar-refractivity contribution in [2.45, 2.75) is 39.0 Å². The van der Waals surface area contributed by atoms with Gasteiger partial charge in [0.25, 0.3) is 0 Å². The molecule has 0 fully saturated rings. The Morgan fingerprint density at radius 2 is 2.16 bits per heavy atom. The van der Waals surface area contributed by atoms with E-state index in [0.717, 1.165) is 12.0 Å². The van der Waals surface area contributed by atoms with Gasteiger partial charge >= 0.3 is 6.61 Å². The van der Waals surface area contributed by atoms with E-state index in [1.54, 1.807) is 12.1 Å². The van der Waals surface area contributed by atoms with E-state index in [-0.39, 0.29) is 16.9 Å². The molecule has 0 saturated carbocycles. The van der Waals surface area contributed by atoms with E-state index in [2.05, 4.69) is 10.1 Å². The van der Waals surface area contributed by atoms with E-state index >= 15 is 0 Å². The molecule has 19 heavy (non-hydrogen) atoms. The van der Waals surface area contributed by atoms with Gasteiger partial charge in [-0.2, -0.15) is 8.78 Å². The Labute approximate surface area is 116 Å². The molecule has 0 aromatic heterocycles. The SMILES string of the molecule is CCC(O)CCNCc1ccc(OC(F)F)c(Cl)c1. The van der Waals surface area contributed by atoms with E-state index in [4.69, 9.17) is 11.6 Å². The number of benzene rings is 1. The molecule has 1 atom stereocenters. The molecule has 0 saturated heterocycles.